The molecule has 4 aliphatic rings. The molecule has 0 radical (unpaired) electrons. The van der Waals surface area contributed by atoms with Crippen molar-refractivity contribution in [1.29, 1.82) is 0 Å². The second-order valence-electron chi connectivity index (χ2n) is 13.2. The van der Waals surface area contributed by atoms with Gasteiger partial charge in [-0.15, -0.1) is 0 Å². The Hall–Kier alpha value is -4.37. The fourth-order valence-corrected chi connectivity index (χ4v) is 9.14. The van der Waals surface area contributed by atoms with E-state index in [0.29, 0.717) is 0 Å². The second kappa shape index (κ2) is 6.50. The minimum absolute atomic E-state index is 0.0767. The van der Waals surface area contributed by atoms with E-state index in [1.807, 2.05) is 0 Å². The number of nitrogens with zero attached hydrogens (tertiary/aromatic N) is 2. The van der Waals surface area contributed by atoms with Crippen LogP contribution in [-0.2, 0) is 10.8 Å². The fourth-order valence-electron chi connectivity index (χ4n) is 9.14. The Morgan fingerprint density at radius 2 is 1.18 bits per heavy atom. The average molecular weight is 510 g/mol. The van der Waals surface area contributed by atoms with Crippen LogP contribution in [0.15, 0.2) is 91.3 Å². The number of hydrogen-bond acceptors (Lipinski definition) is 1. The topological polar surface area (TPSA) is 17.8 Å². The van der Waals surface area contributed by atoms with Gasteiger partial charge in [-0.25, -0.2) is 4.98 Å². The smallest absolute Gasteiger partial charge is 0.249 e. The molecule has 0 atom stereocenters. The lowest BCUT2D eigenvalue weighted by Crippen LogP contribution is -2.57. The van der Waals surface area contributed by atoms with Crippen LogP contribution in [0, 0.1) is 0 Å². The summed E-state index contributed by atoms with van der Waals surface area (Å²) in [5.41, 5.74) is 22.0. The van der Waals surface area contributed by atoms with Gasteiger partial charge >= 0.3 is 0 Å². The van der Waals surface area contributed by atoms with Crippen LogP contribution in [0.2, 0.25) is 0 Å². The summed E-state index contributed by atoms with van der Waals surface area (Å²) in [5.74, 6) is 0. The van der Waals surface area contributed by atoms with Gasteiger partial charge in [0, 0.05) is 16.5 Å². The molecule has 0 saturated carbocycles. The molecule has 3 heteroatoms. The Labute approximate surface area is 234 Å². The minimum Gasteiger partial charge on any atom is -0.300 e. The van der Waals surface area contributed by atoms with Crippen LogP contribution < -0.4 is 16.4 Å². The van der Waals surface area contributed by atoms with Crippen LogP contribution in [0.5, 0.6) is 0 Å². The predicted molar refractivity (Wildman–Crippen MR) is 166 cm³/mol. The van der Waals surface area contributed by atoms with E-state index in [9.17, 15) is 0 Å². The third kappa shape index (κ3) is 2.13. The highest BCUT2D eigenvalue weighted by Gasteiger charge is 2.50. The summed E-state index contributed by atoms with van der Waals surface area (Å²) in [7, 11) is 0. The molecular weight excluding hydrogens is 483 g/mol. The van der Waals surface area contributed by atoms with Crippen molar-refractivity contribution in [1.82, 2.24) is 9.55 Å². The minimum atomic E-state index is -0.101. The van der Waals surface area contributed by atoms with E-state index < -0.39 is 0 Å². The average Bonchev–Trinajstić information content (AvgIpc) is 3.66. The Kier molecular flexibility index (Phi) is 3.49. The zero-order valence-corrected chi connectivity index (χ0v) is 23.1. The Morgan fingerprint density at radius 3 is 1.93 bits per heavy atom. The van der Waals surface area contributed by atoms with Crippen molar-refractivity contribution >= 4 is 34.1 Å². The lowest BCUT2D eigenvalue weighted by Gasteiger charge is -2.32. The molecule has 5 aromatic carbocycles. The first-order valence-electron chi connectivity index (χ1n) is 14.4. The molecule has 3 heterocycles. The Bertz CT molecular complexity index is 2180. The summed E-state index contributed by atoms with van der Waals surface area (Å²) in [6, 6.07) is 32.1. The number of benzene rings is 5. The van der Waals surface area contributed by atoms with Gasteiger partial charge in [-0.05, 0) is 78.7 Å². The highest BCUT2D eigenvalue weighted by atomic mass is 15.1. The molecule has 0 amide bonds. The molecule has 6 aromatic rings. The van der Waals surface area contributed by atoms with Gasteiger partial charge in [0.25, 0.3) is 0 Å². The van der Waals surface area contributed by atoms with Crippen LogP contribution in [0.3, 0.4) is 0 Å². The quantitative estimate of drug-likeness (QED) is 0.215. The van der Waals surface area contributed by atoms with Gasteiger partial charge in [-0.2, -0.15) is 0 Å². The first-order chi connectivity index (χ1) is 19.4. The van der Waals surface area contributed by atoms with Crippen LogP contribution in [0.1, 0.15) is 49.9 Å². The summed E-state index contributed by atoms with van der Waals surface area (Å²) in [4.78, 5) is 5.03. The molecule has 10 rings (SSSR count). The van der Waals surface area contributed by atoms with Crippen molar-refractivity contribution in [3.63, 3.8) is 0 Å². The van der Waals surface area contributed by atoms with Crippen molar-refractivity contribution in [3.8, 4) is 39.1 Å². The molecule has 0 bridgehead atoms. The maximum atomic E-state index is 5.03. The van der Waals surface area contributed by atoms with E-state index in [-0.39, 0.29) is 17.5 Å². The predicted octanol–water partition coefficient (Wildman–Crippen LogP) is 6.45. The number of imidazole rings is 1. The SMILES string of the molecule is CC1(C)c2ccccc2-c2ccc3c(c21)B1c2c-3cccc2-n2cnc3cc4c(c1c32)C(C)(C)c1ccccc1-4. The molecule has 1 aromatic heterocycles. The maximum Gasteiger partial charge on any atom is 0.249 e. The molecule has 0 saturated heterocycles. The summed E-state index contributed by atoms with van der Waals surface area (Å²) in [6.07, 6.45) is 2.06. The van der Waals surface area contributed by atoms with Crippen LogP contribution in [0.4, 0.5) is 0 Å². The normalized spacial score (nSPS) is 16.9. The molecule has 0 N–H and O–H groups in total. The second-order valence-corrected chi connectivity index (χ2v) is 13.2. The molecule has 0 fully saturated rings. The van der Waals surface area contributed by atoms with Crippen molar-refractivity contribution < 1.29 is 0 Å². The van der Waals surface area contributed by atoms with Crippen molar-refractivity contribution in [3.05, 3.63) is 114 Å². The highest BCUT2D eigenvalue weighted by molar-refractivity contribution is 7.02. The largest absolute Gasteiger partial charge is 0.300 e. The number of hydrogen-bond donors (Lipinski definition) is 0. The van der Waals surface area contributed by atoms with Crippen molar-refractivity contribution in [2.75, 3.05) is 0 Å². The fraction of sp³-hybridized carbons (Fsp3) is 0.162. The molecule has 2 aliphatic heterocycles. The van der Waals surface area contributed by atoms with Crippen molar-refractivity contribution in [2.24, 2.45) is 0 Å². The molecule has 40 heavy (non-hydrogen) atoms. The zero-order chi connectivity index (χ0) is 26.7. The zero-order valence-electron chi connectivity index (χ0n) is 23.1. The molecular formula is C37H27BN2. The van der Waals surface area contributed by atoms with E-state index in [2.05, 4.69) is 124 Å². The molecule has 0 spiro atoms. The summed E-state index contributed by atoms with van der Waals surface area (Å²) >= 11 is 0. The van der Waals surface area contributed by atoms with E-state index in [1.54, 1.807) is 0 Å². The van der Waals surface area contributed by atoms with E-state index in [0.717, 1.165) is 5.52 Å². The first-order valence-corrected chi connectivity index (χ1v) is 14.4. The van der Waals surface area contributed by atoms with E-state index >= 15 is 0 Å². The van der Waals surface area contributed by atoms with Gasteiger partial charge < -0.3 is 0 Å². The molecule has 2 nitrogen and oxygen atoms in total. The lowest BCUT2D eigenvalue weighted by molar-refractivity contribution is 0.663. The third-order valence-electron chi connectivity index (χ3n) is 10.6. The lowest BCUT2D eigenvalue weighted by atomic mass is 9.35. The van der Waals surface area contributed by atoms with E-state index in [4.69, 9.17) is 4.98 Å². The van der Waals surface area contributed by atoms with Crippen molar-refractivity contribution in [2.45, 2.75) is 38.5 Å². The van der Waals surface area contributed by atoms with Crippen LogP contribution in [0.25, 0.3) is 50.1 Å². The van der Waals surface area contributed by atoms with Gasteiger partial charge in [0.1, 0.15) is 6.33 Å². The number of rotatable bonds is 0. The molecule has 188 valence electrons. The maximum absolute atomic E-state index is 5.03. The van der Waals surface area contributed by atoms with Crippen LogP contribution in [-0.4, -0.2) is 16.3 Å². The monoisotopic (exact) mass is 510 g/mol. The Morgan fingerprint density at radius 1 is 0.575 bits per heavy atom. The van der Waals surface area contributed by atoms with E-state index in [1.165, 1.54) is 83.2 Å². The standard InChI is InChI=1S/C37H27BN2/c1-36(2)26-13-7-5-10-20(26)22-16-17-24-23-12-9-15-29-32(23)38(33(24)30(22)36)34-31-25(18-28-35(34)40(29)19-39-28)21-11-6-8-14-27(21)37(31,3)4/h5-19H,1-4H3. The highest BCUT2D eigenvalue weighted by Crippen LogP contribution is 2.52. The summed E-state index contributed by atoms with van der Waals surface area (Å²) < 4.78 is 2.38. The number of fused-ring (bicyclic) bond motifs is 13. The van der Waals surface area contributed by atoms with Gasteiger partial charge in [0.05, 0.1) is 11.0 Å². The van der Waals surface area contributed by atoms with Crippen LogP contribution >= 0.6 is 0 Å². The number of aromatic nitrogens is 2. The summed E-state index contributed by atoms with van der Waals surface area (Å²) in [6.45, 7) is 9.89. The van der Waals surface area contributed by atoms with Gasteiger partial charge in [-0.3, -0.25) is 4.57 Å². The van der Waals surface area contributed by atoms with Gasteiger partial charge in [-0.1, -0.05) is 106 Å². The Balaban J connectivity index is 1.41. The van der Waals surface area contributed by atoms with Gasteiger partial charge in [0.2, 0.25) is 6.71 Å². The molecule has 0 unspecified atom stereocenters. The first kappa shape index (κ1) is 21.5. The van der Waals surface area contributed by atoms with Gasteiger partial charge in [0.15, 0.2) is 0 Å². The summed E-state index contributed by atoms with van der Waals surface area (Å²) in [5, 5.41) is 0. The third-order valence-corrected chi connectivity index (χ3v) is 10.6. The molecule has 2 aliphatic carbocycles.